The number of allylic oxidation sites excluding steroid dienone is 3. The molecule has 5 rings (SSSR count). The Hall–Kier alpha value is -2.18. The Labute approximate surface area is 440 Å². The average Bonchev–Trinajstić information content (AvgIpc) is 3.35. The van der Waals surface area contributed by atoms with Crippen LogP contribution < -0.4 is 0 Å². The van der Waals surface area contributed by atoms with Crippen LogP contribution in [0.5, 0.6) is 0 Å². The van der Waals surface area contributed by atoms with E-state index in [1.165, 1.54) is 27.2 Å². The largest absolute Gasteiger partial charge is 0.462 e. The molecule has 0 aromatic rings. The lowest BCUT2D eigenvalue weighted by Crippen LogP contribution is -2.68. The van der Waals surface area contributed by atoms with Crippen molar-refractivity contribution >= 4 is 11.8 Å². The maximum absolute atomic E-state index is 14.1. The Kier molecular flexibility index (Phi) is 24.0. The molecule has 0 radical (unpaired) electrons. The van der Waals surface area contributed by atoms with Gasteiger partial charge in [0.25, 0.3) is 0 Å². The molecule has 0 aromatic heterocycles. The highest BCUT2D eigenvalue weighted by atomic mass is 16.8. The molecule has 0 aliphatic carbocycles. The molecule has 4 fully saturated rings. The van der Waals surface area contributed by atoms with E-state index in [1.54, 1.807) is 66.6 Å². The fourth-order valence-corrected chi connectivity index (χ4v) is 11.1. The van der Waals surface area contributed by atoms with E-state index in [-0.39, 0.29) is 38.3 Å². The SMILES string of the molecule is CC[C@H]1OC(=O)C[C@@H](O)[C@H](C)[C@@H](O[C@@H]2O[C@H](C)[C@@H](O[C@H]3C[C@@](C)(O)[C@@H](O)[C@H](C)O3)[C@H](N(C)C)[C@H]2O[C@@H]2O[C@H](CO)[C@@H](O)[C@H](O)[C@H]2O)[C@@H](CCO)C[C@@H](C)C(=O)/C=C/C(C)=C/[C@@H]1CO[C@@H]1O[C@H](C)[C@@H](O)[C@@H](OC)[C@H]1OC. The van der Waals surface area contributed by atoms with Crippen molar-refractivity contribution in [1.29, 1.82) is 0 Å². The number of aliphatic hydroxyl groups is 9. The molecule has 0 spiro atoms. The number of methoxy groups -OCH3 is 2. The van der Waals surface area contributed by atoms with Gasteiger partial charge in [0.15, 0.2) is 30.9 Å². The fourth-order valence-electron chi connectivity index (χ4n) is 11.1. The molecule has 0 bridgehead atoms. The summed E-state index contributed by atoms with van der Waals surface area (Å²) in [6.07, 6.45) is -19.1. The lowest BCUT2D eigenvalue weighted by molar-refractivity contribution is -0.378. The molecule has 5 aliphatic heterocycles. The van der Waals surface area contributed by atoms with Crippen molar-refractivity contribution in [3.8, 4) is 0 Å². The van der Waals surface area contributed by atoms with Crippen LogP contribution in [0.2, 0.25) is 0 Å². The lowest BCUT2D eigenvalue weighted by Gasteiger charge is -2.52. The zero-order valence-electron chi connectivity index (χ0n) is 45.6. The van der Waals surface area contributed by atoms with Gasteiger partial charge in [-0.1, -0.05) is 38.5 Å². The summed E-state index contributed by atoms with van der Waals surface area (Å²) < 4.78 is 68.3. The number of carbonyl (C=O) groups excluding carboxylic acids is 2. The Bertz CT molecular complexity index is 1840. The molecular formula is C52H89NO22. The minimum Gasteiger partial charge on any atom is -0.462 e. The van der Waals surface area contributed by atoms with Crippen LogP contribution in [-0.2, 0) is 61.7 Å². The van der Waals surface area contributed by atoms with Gasteiger partial charge in [0.1, 0.15) is 67.1 Å². The Morgan fingerprint density at radius 3 is 1.99 bits per heavy atom. The molecule has 434 valence electrons. The molecule has 0 aromatic carbocycles. The van der Waals surface area contributed by atoms with Gasteiger partial charge in [-0.2, -0.15) is 0 Å². The highest BCUT2D eigenvalue weighted by Gasteiger charge is 2.55. The molecule has 0 amide bonds. The second-order valence-corrected chi connectivity index (χ2v) is 21.7. The third-order valence-corrected chi connectivity index (χ3v) is 15.6. The molecule has 5 heterocycles. The van der Waals surface area contributed by atoms with Gasteiger partial charge in [-0.25, -0.2) is 0 Å². The molecule has 0 saturated carbocycles. The molecule has 5 aliphatic rings. The molecule has 4 saturated heterocycles. The monoisotopic (exact) mass is 1080 g/mol. The van der Waals surface area contributed by atoms with E-state index in [0.29, 0.717) is 12.0 Å². The van der Waals surface area contributed by atoms with Crippen LogP contribution in [0.3, 0.4) is 0 Å². The van der Waals surface area contributed by atoms with Crippen molar-refractivity contribution in [3.05, 3.63) is 23.8 Å². The van der Waals surface area contributed by atoms with Gasteiger partial charge in [-0.3, -0.25) is 9.59 Å². The maximum Gasteiger partial charge on any atom is 0.308 e. The van der Waals surface area contributed by atoms with Gasteiger partial charge in [0.05, 0.1) is 61.8 Å². The Morgan fingerprint density at radius 2 is 1.39 bits per heavy atom. The smallest absolute Gasteiger partial charge is 0.308 e. The molecule has 75 heavy (non-hydrogen) atoms. The number of rotatable bonds is 16. The van der Waals surface area contributed by atoms with E-state index in [1.807, 2.05) is 13.0 Å². The van der Waals surface area contributed by atoms with E-state index in [2.05, 4.69) is 0 Å². The summed E-state index contributed by atoms with van der Waals surface area (Å²) in [5.74, 6) is -3.92. The van der Waals surface area contributed by atoms with Crippen LogP contribution >= 0.6 is 0 Å². The van der Waals surface area contributed by atoms with Gasteiger partial charge in [0.2, 0.25) is 0 Å². The molecule has 26 atom stereocenters. The van der Waals surface area contributed by atoms with Crippen LogP contribution in [0.25, 0.3) is 0 Å². The zero-order valence-corrected chi connectivity index (χ0v) is 45.6. The highest BCUT2D eigenvalue weighted by Crippen LogP contribution is 2.40. The number of esters is 1. The van der Waals surface area contributed by atoms with Crippen molar-refractivity contribution in [1.82, 2.24) is 4.90 Å². The second kappa shape index (κ2) is 28.3. The number of hydrogen-bond acceptors (Lipinski definition) is 23. The second-order valence-electron chi connectivity index (χ2n) is 21.7. The topological polar surface area (TPSA) is 321 Å². The van der Waals surface area contributed by atoms with Crippen LogP contribution in [0.4, 0.5) is 0 Å². The number of aliphatic hydroxyl groups excluding tert-OH is 8. The number of hydrogen-bond donors (Lipinski definition) is 9. The lowest BCUT2D eigenvalue weighted by atomic mass is 9.79. The minimum atomic E-state index is -1.86. The predicted octanol–water partition coefficient (Wildman–Crippen LogP) is -0.549. The van der Waals surface area contributed by atoms with Gasteiger partial charge >= 0.3 is 5.97 Å². The summed E-state index contributed by atoms with van der Waals surface area (Å²) >= 11 is 0. The van der Waals surface area contributed by atoms with Crippen LogP contribution in [0.1, 0.15) is 87.5 Å². The molecule has 23 heteroatoms. The summed E-state index contributed by atoms with van der Waals surface area (Å²) in [5, 5.41) is 98.2. The van der Waals surface area contributed by atoms with Crippen LogP contribution in [0.15, 0.2) is 23.8 Å². The van der Waals surface area contributed by atoms with Gasteiger partial charge in [0, 0.05) is 45.0 Å². The van der Waals surface area contributed by atoms with Crippen molar-refractivity contribution in [3.63, 3.8) is 0 Å². The summed E-state index contributed by atoms with van der Waals surface area (Å²) in [4.78, 5) is 29.8. The van der Waals surface area contributed by atoms with Gasteiger partial charge < -0.3 is 103 Å². The van der Waals surface area contributed by atoms with E-state index >= 15 is 0 Å². The number of carbonyl (C=O) groups is 2. The summed E-state index contributed by atoms with van der Waals surface area (Å²) in [7, 11) is 6.32. The highest BCUT2D eigenvalue weighted by molar-refractivity contribution is 5.91. The van der Waals surface area contributed by atoms with Crippen molar-refractivity contribution < 1.29 is 108 Å². The normalized spacial score (nSPS) is 47.2. The Balaban J connectivity index is 1.52. The number of ether oxygens (including phenoxy) is 11. The minimum absolute atomic E-state index is 0.0500. The molecule has 23 nitrogen and oxygen atoms in total. The first-order valence-electron chi connectivity index (χ1n) is 26.4. The van der Waals surface area contributed by atoms with E-state index < -0.39 is 177 Å². The third kappa shape index (κ3) is 15.6. The standard InChI is InChI=1S/C52H89NO22/c1-13-34-31(23-67-50-47(66-12)46(65-11)39(59)27(5)69-50)18-24(2)14-15-32(56)25(3)19-30(16-17-54)43(26(4)33(57)20-36(58)71-34)74-51-45(75-49-42(62)41(61)40(60)35(22-55)72-49)38(53(9)10)44(28(6)70-51)73-37-21-52(8,64)48(63)29(7)68-37/h14-15,18,25-31,33-35,37-51,54-55,57,59-64H,13,16-17,19-23H2,1-12H3/b15-14+,24-18+/t25-,26+,27-,28-,29+,30+,31-,33-,34-,35-,37+,38+,39-,40-,41+,42-,43-,44-,45-,46-,47-,48+,49+,50-,51+,52-/m1/s1. The first-order chi connectivity index (χ1) is 35.3. The summed E-state index contributed by atoms with van der Waals surface area (Å²) in [6, 6.07) is -0.911. The summed E-state index contributed by atoms with van der Waals surface area (Å²) in [6.45, 7) is 12.3. The van der Waals surface area contributed by atoms with Crippen molar-refractivity contribution in [2.24, 2.45) is 23.7 Å². The molecular weight excluding hydrogens is 991 g/mol. The van der Waals surface area contributed by atoms with E-state index in [0.717, 1.165) is 0 Å². The van der Waals surface area contributed by atoms with E-state index in [9.17, 15) is 55.5 Å². The third-order valence-electron chi connectivity index (χ3n) is 15.6. The van der Waals surface area contributed by atoms with Crippen LogP contribution in [-0.4, -0.2) is 245 Å². The number of ketones is 1. The van der Waals surface area contributed by atoms with Gasteiger partial charge in [-0.15, -0.1) is 0 Å². The van der Waals surface area contributed by atoms with Crippen LogP contribution in [0, 0.1) is 23.7 Å². The average molecular weight is 1080 g/mol. The van der Waals surface area contributed by atoms with Crippen molar-refractivity contribution in [2.75, 3.05) is 48.1 Å². The van der Waals surface area contributed by atoms with Gasteiger partial charge in [-0.05, 0) is 80.0 Å². The maximum atomic E-state index is 14.1. The quantitative estimate of drug-likeness (QED) is 0.0876. The number of nitrogens with zero attached hydrogens (tertiary/aromatic N) is 1. The zero-order chi connectivity index (χ0) is 55.8. The van der Waals surface area contributed by atoms with E-state index in [4.69, 9.17) is 52.1 Å². The number of cyclic esters (lactones) is 1. The molecule has 9 N–H and O–H groups in total. The number of likely N-dealkylation sites (N-methyl/N-ethyl adjacent to an activating group) is 1. The summed E-state index contributed by atoms with van der Waals surface area (Å²) in [5.41, 5.74) is -0.949. The Morgan fingerprint density at radius 1 is 0.733 bits per heavy atom. The first-order valence-corrected chi connectivity index (χ1v) is 26.4. The van der Waals surface area contributed by atoms with Crippen molar-refractivity contribution in [2.45, 2.75) is 222 Å². The molecule has 0 unspecified atom stereocenters. The fraction of sp³-hybridized carbons (Fsp3) is 0.885. The first kappa shape index (κ1) is 63.6. The predicted molar refractivity (Wildman–Crippen MR) is 264 cm³/mol.